The molecule has 6 heteroatoms. The number of rotatable bonds is 11. The van der Waals surface area contributed by atoms with Crippen LogP contribution in [0.25, 0.3) is 0 Å². The number of aromatic nitrogens is 2. The van der Waals surface area contributed by atoms with Crippen molar-refractivity contribution in [3.8, 4) is 0 Å². The Hall–Kier alpha value is -0.563. The Morgan fingerprint density at radius 2 is 1.80 bits per heavy atom. The van der Waals surface area contributed by atoms with E-state index in [-0.39, 0.29) is 12.2 Å². The second kappa shape index (κ2) is 11.3. The van der Waals surface area contributed by atoms with Crippen molar-refractivity contribution in [1.29, 1.82) is 0 Å². The van der Waals surface area contributed by atoms with E-state index in [0.29, 0.717) is 27.8 Å². The van der Waals surface area contributed by atoms with Gasteiger partial charge in [-0.2, -0.15) is 0 Å². The molecule has 1 fully saturated rings. The summed E-state index contributed by atoms with van der Waals surface area (Å²) in [5.74, 6) is 0.638. The van der Waals surface area contributed by atoms with Gasteiger partial charge in [-0.1, -0.05) is 59.4 Å². The van der Waals surface area contributed by atoms with Crippen LogP contribution in [-0.2, 0) is 16.2 Å². The first-order valence-corrected chi connectivity index (χ1v) is 14.6. The van der Waals surface area contributed by atoms with Gasteiger partial charge in [0.25, 0.3) is 0 Å². The van der Waals surface area contributed by atoms with Crippen LogP contribution in [0.5, 0.6) is 0 Å². The maximum absolute atomic E-state index is 7.12. The van der Waals surface area contributed by atoms with Crippen molar-refractivity contribution in [2.75, 3.05) is 7.11 Å². The lowest BCUT2D eigenvalue weighted by molar-refractivity contribution is -0.0460. The molecule has 30 heavy (non-hydrogen) atoms. The maximum Gasteiger partial charge on any atom is 0.200 e. The van der Waals surface area contributed by atoms with Crippen LogP contribution in [0.1, 0.15) is 67.2 Å². The van der Waals surface area contributed by atoms with Crippen LogP contribution in [0.3, 0.4) is 0 Å². The zero-order valence-electron chi connectivity index (χ0n) is 20.4. The van der Waals surface area contributed by atoms with Crippen LogP contribution in [0.2, 0.25) is 16.6 Å². The van der Waals surface area contributed by atoms with Gasteiger partial charge >= 0.3 is 0 Å². The summed E-state index contributed by atoms with van der Waals surface area (Å²) in [5, 5.41) is 1.43. The molecule has 4 atom stereocenters. The van der Waals surface area contributed by atoms with Gasteiger partial charge in [-0.05, 0) is 48.2 Å². The van der Waals surface area contributed by atoms with Crippen LogP contribution >= 0.6 is 11.8 Å². The lowest BCUT2D eigenvalue weighted by Gasteiger charge is -2.47. The molecule has 1 aliphatic carbocycles. The van der Waals surface area contributed by atoms with E-state index in [4.69, 9.17) is 9.16 Å². The van der Waals surface area contributed by atoms with Gasteiger partial charge < -0.3 is 13.7 Å². The molecule has 1 aromatic rings. The van der Waals surface area contributed by atoms with E-state index in [1.807, 2.05) is 38.3 Å². The van der Waals surface area contributed by atoms with Gasteiger partial charge in [-0.3, -0.25) is 0 Å². The molecule has 2 rings (SSSR count). The van der Waals surface area contributed by atoms with Crippen molar-refractivity contribution in [1.82, 2.24) is 9.55 Å². The maximum atomic E-state index is 7.12. The summed E-state index contributed by atoms with van der Waals surface area (Å²) >= 11 is 1.82. The Bertz CT molecular complexity index is 640. The van der Waals surface area contributed by atoms with Crippen LogP contribution in [0.15, 0.2) is 30.2 Å². The minimum absolute atomic E-state index is 0.190. The van der Waals surface area contributed by atoms with Crippen molar-refractivity contribution in [3.63, 3.8) is 0 Å². The molecule has 0 aliphatic heterocycles. The second-order valence-electron chi connectivity index (χ2n) is 9.88. The molecule has 0 N–H and O–H groups in total. The fourth-order valence-corrected chi connectivity index (χ4v) is 12.3. The minimum Gasteiger partial charge on any atom is -0.411 e. The van der Waals surface area contributed by atoms with E-state index >= 15 is 0 Å². The Balaban J connectivity index is 2.05. The predicted octanol–water partition coefficient (Wildman–Crippen LogP) is 6.83. The van der Waals surface area contributed by atoms with E-state index in [2.05, 4.69) is 63.7 Å². The molecule has 1 heterocycles. The lowest BCUT2D eigenvalue weighted by atomic mass is 9.82. The Kier molecular flexibility index (Phi) is 9.72. The number of methoxy groups -OCH3 is 1. The topological polar surface area (TPSA) is 36.3 Å². The van der Waals surface area contributed by atoms with Gasteiger partial charge in [0.1, 0.15) is 0 Å². The number of imidazole rings is 1. The van der Waals surface area contributed by atoms with E-state index < -0.39 is 8.32 Å². The summed E-state index contributed by atoms with van der Waals surface area (Å²) in [6.07, 6.45) is 10.9. The lowest BCUT2D eigenvalue weighted by Crippen LogP contribution is -2.53. The molecule has 1 saturated carbocycles. The van der Waals surface area contributed by atoms with Gasteiger partial charge in [-0.15, -0.1) is 6.58 Å². The molecule has 0 radical (unpaired) electrons. The summed E-state index contributed by atoms with van der Waals surface area (Å²) in [7, 11) is 2.02. The molecule has 0 saturated heterocycles. The standard InChI is InChI=1S/C24H44N2O2SSi/c1-10-21(29-24-25-13-14-26(24)8)15-20-11-12-22(23(16-20)27-9)28-30(17(2)3,18(4)5)19(6)7/h10,13-14,17-23H,1,11-12,15-16H2,2-9H3/t20-,21?,22+,23+/m0/s1. The fourth-order valence-electron chi connectivity index (χ4n) is 5.57. The Labute approximate surface area is 190 Å². The second-order valence-corrected chi connectivity index (χ2v) is 16.5. The first-order valence-electron chi connectivity index (χ1n) is 11.6. The monoisotopic (exact) mass is 452 g/mol. The van der Waals surface area contributed by atoms with Crippen LogP contribution < -0.4 is 0 Å². The highest BCUT2D eigenvalue weighted by Crippen LogP contribution is 2.45. The largest absolute Gasteiger partial charge is 0.411 e. The normalized spacial score (nSPS) is 24.0. The summed E-state index contributed by atoms with van der Waals surface area (Å²) in [5.41, 5.74) is 1.81. The Morgan fingerprint density at radius 3 is 2.27 bits per heavy atom. The zero-order valence-corrected chi connectivity index (χ0v) is 22.2. The zero-order chi connectivity index (χ0) is 22.5. The molecule has 0 amide bonds. The van der Waals surface area contributed by atoms with Gasteiger partial charge in [-0.25, -0.2) is 4.98 Å². The fraction of sp³-hybridized carbons (Fsp3) is 0.792. The van der Waals surface area contributed by atoms with Gasteiger partial charge in [0.2, 0.25) is 8.32 Å². The third kappa shape index (κ3) is 5.81. The van der Waals surface area contributed by atoms with Crippen molar-refractivity contribution < 1.29 is 9.16 Å². The SMILES string of the molecule is C=CC(C[C@@H]1CC[C@@H](O[Si](C(C)C)(C(C)C)C(C)C)[C@H](OC)C1)Sc1nccn1C. The number of thioether (sulfide) groups is 1. The molecule has 1 aliphatic rings. The summed E-state index contributed by atoms with van der Waals surface area (Å²) in [4.78, 5) is 4.47. The third-order valence-corrected chi connectivity index (χ3v) is 14.5. The van der Waals surface area contributed by atoms with Crippen LogP contribution in [0.4, 0.5) is 0 Å². The van der Waals surface area contributed by atoms with Crippen molar-refractivity contribution in [2.24, 2.45) is 13.0 Å². The number of aryl methyl sites for hydroxylation is 1. The third-order valence-electron chi connectivity index (χ3n) is 7.07. The first-order chi connectivity index (χ1) is 14.1. The quantitative estimate of drug-likeness (QED) is 0.209. The van der Waals surface area contributed by atoms with E-state index in [1.54, 1.807) is 0 Å². The highest BCUT2D eigenvalue weighted by Gasteiger charge is 2.48. The van der Waals surface area contributed by atoms with Crippen molar-refractivity contribution in [2.45, 2.75) is 106 Å². The molecular formula is C24H44N2O2SSi. The first kappa shape index (κ1) is 25.7. The van der Waals surface area contributed by atoms with E-state index in [0.717, 1.165) is 24.4 Å². The average Bonchev–Trinajstić information content (AvgIpc) is 3.09. The molecule has 1 unspecified atom stereocenters. The van der Waals surface area contributed by atoms with Crippen LogP contribution in [0, 0.1) is 5.92 Å². The van der Waals surface area contributed by atoms with Gasteiger partial charge in [0, 0.05) is 31.8 Å². The number of hydrogen-bond acceptors (Lipinski definition) is 4. The minimum atomic E-state index is -1.89. The smallest absolute Gasteiger partial charge is 0.200 e. The summed E-state index contributed by atoms with van der Waals surface area (Å²) in [6, 6.07) is 0. The molecular weight excluding hydrogens is 408 g/mol. The van der Waals surface area contributed by atoms with Gasteiger partial charge in [0.05, 0.1) is 12.2 Å². The number of nitrogens with zero attached hydrogens (tertiary/aromatic N) is 2. The highest BCUT2D eigenvalue weighted by atomic mass is 32.2. The van der Waals surface area contributed by atoms with Crippen molar-refractivity contribution >= 4 is 20.1 Å². The average molecular weight is 453 g/mol. The number of hydrogen-bond donors (Lipinski definition) is 0. The molecule has 172 valence electrons. The molecule has 1 aromatic heterocycles. The molecule has 0 spiro atoms. The van der Waals surface area contributed by atoms with E-state index in [9.17, 15) is 0 Å². The van der Waals surface area contributed by atoms with Crippen LogP contribution in [-0.4, -0.2) is 42.4 Å². The highest BCUT2D eigenvalue weighted by molar-refractivity contribution is 7.99. The van der Waals surface area contributed by atoms with E-state index in [1.165, 1.54) is 6.42 Å². The molecule has 4 nitrogen and oxygen atoms in total. The Morgan fingerprint density at radius 1 is 1.17 bits per heavy atom. The number of ether oxygens (including phenoxy) is 1. The summed E-state index contributed by atoms with van der Waals surface area (Å²) < 4.78 is 15.2. The van der Waals surface area contributed by atoms with Crippen molar-refractivity contribution in [3.05, 3.63) is 25.0 Å². The molecule has 0 aromatic carbocycles. The van der Waals surface area contributed by atoms with Gasteiger partial charge in [0.15, 0.2) is 5.16 Å². The molecule has 0 bridgehead atoms. The predicted molar refractivity (Wildman–Crippen MR) is 132 cm³/mol. The summed E-state index contributed by atoms with van der Waals surface area (Å²) in [6.45, 7) is 18.3.